The Morgan fingerprint density at radius 3 is 1.56 bits per heavy atom. The lowest BCUT2D eigenvalue weighted by atomic mass is 9.91. The molecule has 0 saturated heterocycles. The molecule has 36 heavy (non-hydrogen) atoms. The monoisotopic (exact) mass is 500 g/mol. The predicted molar refractivity (Wildman–Crippen MR) is 161 cm³/mol. The molecule has 0 amide bonds. The lowest BCUT2D eigenvalue weighted by molar-refractivity contribution is 0.809. The molecular formula is C33H48N2Si. The molecule has 0 spiro atoms. The van der Waals surface area contributed by atoms with Crippen LogP contribution in [0.2, 0.25) is 16.6 Å². The number of pyridine rings is 1. The predicted octanol–water partition coefficient (Wildman–Crippen LogP) is 9.42. The van der Waals surface area contributed by atoms with Crippen molar-refractivity contribution in [3.8, 4) is 0 Å². The van der Waals surface area contributed by atoms with Gasteiger partial charge in [0.15, 0.2) is 0 Å². The average Bonchev–Trinajstić information content (AvgIpc) is 2.82. The molecule has 0 aliphatic carbocycles. The van der Waals surface area contributed by atoms with Gasteiger partial charge in [0.1, 0.15) is 8.07 Å². The number of aromatic nitrogens is 1. The maximum atomic E-state index is 5.53. The van der Waals surface area contributed by atoms with Gasteiger partial charge in [0.05, 0.1) is 11.7 Å². The zero-order valence-electron chi connectivity index (χ0n) is 24.3. The second kappa shape index (κ2) is 11.8. The van der Waals surface area contributed by atoms with Crippen LogP contribution in [-0.4, -0.2) is 13.1 Å². The number of hydrogen-bond donors (Lipinski definition) is 1. The summed E-state index contributed by atoms with van der Waals surface area (Å²) < 4.78 is 0. The third kappa shape index (κ3) is 5.46. The van der Waals surface area contributed by atoms with Crippen LogP contribution in [-0.2, 0) is 0 Å². The Hall–Kier alpha value is -2.39. The number of nitrogens with one attached hydrogen (secondary N) is 1. The SMILES string of the molecule is CC(C)c1cccc(C(C)C)c1NC(c1ccccc1)c1cccc([Si](C(C)C)(C(C)C)C(C)C)n1. The summed E-state index contributed by atoms with van der Waals surface area (Å²) in [4.78, 5) is 5.53. The number of benzene rings is 2. The Bertz CT molecular complexity index is 1070. The molecular weight excluding hydrogens is 452 g/mol. The van der Waals surface area contributed by atoms with E-state index in [0.717, 1.165) is 5.69 Å². The van der Waals surface area contributed by atoms with Crippen LogP contribution in [0.25, 0.3) is 0 Å². The van der Waals surface area contributed by atoms with Crippen LogP contribution in [0.4, 0.5) is 5.69 Å². The molecule has 1 heterocycles. The van der Waals surface area contributed by atoms with Crippen molar-refractivity contribution >= 4 is 19.1 Å². The Balaban J connectivity index is 2.23. The van der Waals surface area contributed by atoms with E-state index in [0.29, 0.717) is 28.5 Å². The first-order valence-electron chi connectivity index (χ1n) is 13.9. The fourth-order valence-corrected chi connectivity index (χ4v) is 13.1. The Morgan fingerprint density at radius 2 is 1.08 bits per heavy atom. The lowest BCUT2D eigenvalue weighted by Gasteiger charge is -2.42. The summed E-state index contributed by atoms with van der Waals surface area (Å²) in [6.07, 6.45) is 0. The maximum Gasteiger partial charge on any atom is 0.118 e. The molecule has 1 atom stereocenters. The van der Waals surface area contributed by atoms with Crippen LogP contribution in [0.15, 0.2) is 66.7 Å². The molecule has 0 aliphatic heterocycles. The van der Waals surface area contributed by atoms with Gasteiger partial charge in [-0.3, -0.25) is 4.98 Å². The number of rotatable bonds is 10. The van der Waals surface area contributed by atoms with E-state index in [1.807, 2.05) is 0 Å². The molecule has 1 N–H and O–H groups in total. The van der Waals surface area contributed by atoms with Crippen LogP contribution in [0.1, 0.15) is 109 Å². The first-order valence-corrected chi connectivity index (χ1v) is 16.2. The number of nitrogens with zero attached hydrogens (tertiary/aromatic N) is 1. The van der Waals surface area contributed by atoms with Crippen molar-refractivity contribution < 1.29 is 0 Å². The van der Waals surface area contributed by atoms with Gasteiger partial charge in [-0.25, -0.2) is 0 Å². The number of anilines is 1. The third-order valence-electron chi connectivity index (χ3n) is 8.17. The van der Waals surface area contributed by atoms with Gasteiger partial charge < -0.3 is 5.32 Å². The molecule has 0 fully saturated rings. The minimum absolute atomic E-state index is 0.0123. The summed E-state index contributed by atoms with van der Waals surface area (Å²) in [5.41, 5.74) is 8.24. The second-order valence-corrected chi connectivity index (χ2v) is 17.8. The van der Waals surface area contributed by atoms with Gasteiger partial charge in [-0.1, -0.05) is 124 Å². The quantitative estimate of drug-likeness (QED) is 0.280. The average molecular weight is 501 g/mol. The summed E-state index contributed by atoms with van der Waals surface area (Å²) in [6, 6.07) is 24.4. The van der Waals surface area contributed by atoms with Gasteiger partial charge in [-0.15, -0.1) is 0 Å². The fraction of sp³-hybridized carbons (Fsp3) is 0.485. The van der Waals surface area contributed by atoms with Gasteiger partial charge in [-0.2, -0.15) is 0 Å². The van der Waals surface area contributed by atoms with E-state index < -0.39 is 8.07 Å². The van der Waals surface area contributed by atoms with Crippen LogP contribution < -0.4 is 10.6 Å². The molecule has 0 bridgehead atoms. The van der Waals surface area contributed by atoms with E-state index in [1.165, 1.54) is 27.7 Å². The van der Waals surface area contributed by atoms with Crippen LogP contribution >= 0.6 is 0 Å². The van der Waals surface area contributed by atoms with Crippen LogP contribution in [0, 0.1) is 0 Å². The summed E-state index contributed by atoms with van der Waals surface area (Å²) in [5, 5.41) is 5.38. The molecule has 2 aromatic carbocycles. The standard InChI is InChI=1S/C33H48N2Si/c1-22(2)28-18-14-19-29(23(3)4)33(28)35-32(27-16-12-11-13-17-27)30-20-15-21-31(34-30)36(24(5)6,25(7)8)26(9)10/h11-26,32,35H,1-10H3. The minimum atomic E-state index is -1.87. The van der Waals surface area contributed by atoms with Crippen molar-refractivity contribution in [3.63, 3.8) is 0 Å². The highest BCUT2D eigenvalue weighted by molar-refractivity contribution is 6.94. The fourth-order valence-electron chi connectivity index (χ4n) is 6.58. The van der Waals surface area contributed by atoms with Crippen molar-refractivity contribution in [1.29, 1.82) is 0 Å². The highest BCUT2D eigenvalue weighted by Crippen LogP contribution is 2.41. The molecule has 194 valence electrons. The molecule has 1 unspecified atom stereocenters. The Labute approximate surface area is 222 Å². The smallest absolute Gasteiger partial charge is 0.118 e. The molecule has 2 nitrogen and oxygen atoms in total. The van der Waals surface area contributed by atoms with Crippen molar-refractivity contribution in [2.45, 2.75) is 104 Å². The molecule has 0 aliphatic rings. The third-order valence-corrected chi connectivity index (χ3v) is 15.1. The zero-order valence-corrected chi connectivity index (χ0v) is 25.3. The van der Waals surface area contributed by atoms with Crippen molar-refractivity contribution in [1.82, 2.24) is 4.98 Å². The molecule has 3 aromatic rings. The van der Waals surface area contributed by atoms with E-state index in [1.54, 1.807) is 0 Å². The Kier molecular flexibility index (Phi) is 9.21. The summed E-state index contributed by atoms with van der Waals surface area (Å²) in [5.74, 6) is 0.870. The minimum Gasteiger partial charge on any atom is -0.372 e. The maximum absolute atomic E-state index is 5.53. The lowest BCUT2D eigenvalue weighted by Crippen LogP contribution is -2.57. The van der Waals surface area contributed by atoms with E-state index in [-0.39, 0.29) is 6.04 Å². The van der Waals surface area contributed by atoms with Gasteiger partial charge >= 0.3 is 0 Å². The largest absolute Gasteiger partial charge is 0.372 e. The van der Waals surface area contributed by atoms with E-state index in [4.69, 9.17) is 4.98 Å². The first-order chi connectivity index (χ1) is 17.0. The van der Waals surface area contributed by atoms with E-state index in [2.05, 4.69) is 141 Å². The number of para-hydroxylation sites is 1. The summed E-state index contributed by atoms with van der Waals surface area (Å²) in [7, 11) is -1.87. The van der Waals surface area contributed by atoms with Crippen molar-refractivity contribution in [2.75, 3.05) is 5.32 Å². The molecule has 1 aromatic heterocycles. The second-order valence-electron chi connectivity index (χ2n) is 12.0. The molecule has 3 heteroatoms. The summed E-state index contributed by atoms with van der Waals surface area (Å²) in [6.45, 7) is 23.7. The summed E-state index contributed by atoms with van der Waals surface area (Å²) >= 11 is 0. The molecule has 0 radical (unpaired) electrons. The van der Waals surface area contributed by atoms with Gasteiger partial charge in [0, 0.05) is 11.0 Å². The molecule has 3 rings (SSSR count). The highest BCUT2D eigenvalue weighted by Gasteiger charge is 2.46. The van der Waals surface area contributed by atoms with Crippen molar-refractivity contribution in [3.05, 3.63) is 89.1 Å². The van der Waals surface area contributed by atoms with Crippen molar-refractivity contribution in [2.24, 2.45) is 0 Å². The van der Waals surface area contributed by atoms with E-state index >= 15 is 0 Å². The first kappa shape index (κ1) is 28.2. The van der Waals surface area contributed by atoms with Gasteiger partial charge in [0.25, 0.3) is 0 Å². The van der Waals surface area contributed by atoms with Gasteiger partial charge in [0.2, 0.25) is 0 Å². The topological polar surface area (TPSA) is 24.9 Å². The van der Waals surface area contributed by atoms with Crippen LogP contribution in [0.3, 0.4) is 0 Å². The normalized spacial score (nSPS) is 13.3. The Morgan fingerprint density at radius 1 is 0.583 bits per heavy atom. The number of hydrogen-bond acceptors (Lipinski definition) is 2. The molecule has 0 saturated carbocycles. The zero-order chi connectivity index (χ0) is 26.6. The van der Waals surface area contributed by atoms with Crippen LogP contribution in [0.5, 0.6) is 0 Å². The van der Waals surface area contributed by atoms with Gasteiger partial charge in [-0.05, 0) is 57.3 Å². The van der Waals surface area contributed by atoms with E-state index in [9.17, 15) is 0 Å². The highest BCUT2D eigenvalue weighted by atomic mass is 28.3.